The minimum absolute atomic E-state index is 0.160. The van der Waals surface area contributed by atoms with Crippen LogP contribution in [0, 0.1) is 13.8 Å². The van der Waals surface area contributed by atoms with Crippen molar-refractivity contribution in [3.63, 3.8) is 0 Å². The molecule has 0 heterocycles. The van der Waals surface area contributed by atoms with E-state index in [1.54, 1.807) is 0 Å². The second kappa shape index (κ2) is 20.1. The van der Waals surface area contributed by atoms with Gasteiger partial charge >= 0.3 is 6.09 Å². The fourth-order valence-electron chi connectivity index (χ4n) is 5.73. The predicted octanol–water partition coefficient (Wildman–Crippen LogP) is 5.61. The normalized spacial score (nSPS) is 11.9. The maximum absolute atomic E-state index is 13.5. The van der Waals surface area contributed by atoms with E-state index >= 15 is 0 Å². The summed E-state index contributed by atoms with van der Waals surface area (Å²) in [6, 6.07) is 30.7. The largest absolute Gasteiger partial charge is 0.489 e. The average molecular weight is 693 g/mol. The monoisotopic (exact) mass is 692 g/mol. The van der Waals surface area contributed by atoms with Gasteiger partial charge in [-0.2, -0.15) is 0 Å². The Kier molecular flexibility index (Phi) is 15.1. The second-order valence-corrected chi connectivity index (χ2v) is 12.6. The first-order chi connectivity index (χ1) is 24.7. The molecule has 0 bridgehead atoms. The average Bonchev–Trinajstić information content (AvgIpc) is 3.13. The number of amides is 4. The van der Waals surface area contributed by atoms with Crippen LogP contribution in [-0.4, -0.2) is 42.4 Å². The lowest BCUT2D eigenvalue weighted by Gasteiger charge is -2.22. The van der Waals surface area contributed by atoms with Crippen LogP contribution in [0.25, 0.3) is 0 Å². The summed E-state index contributed by atoms with van der Waals surface area (Å²) in [6.45, 7) is 4.94. The molecule has 0 aromatic heterocycles. The third-order valence-electron chi connectivity index (χ3n) is 8.52. The molecule has 10 nitrogen and oxygen atoms in total. The maximum Gasteiger partial charge on any atom is 0.407 e. The number of hydrogen-bond donors (Lipinski definition) is 4. The van der Waals surface area contributed by atoms with Crippen molar-refractivity contribution < 1.29 is 28.7 Å². The first-order valence-electron chi connectivity index (χ1n) is 17.3. The topological polar surface area (TPSA) is 149 Å². The highest BCUT2D eigenvalue weighted by molar-refractivity contribution is 5.91. The van der Waals surface area contributed by atoms with Crippen LogP contribution in [0.15, 0.2) is 103 Å². The fraction of sp³-hybridized carbons (Fsp3) is 0.317. The Morgan fingerprint density at radius 3 is 1.86 bits per heavy atom. The number of aryl methyl sites for hydroxylation is 2. The summed E-state index contributed by atoms with van der Waals surface area (Å²) in [7, 11) is 0. The first-order valence-corrected chi connectivity index (χ1v) is 17.3. The van der Waals surface area contributed by atoms with Crippen LogP contribution < -0.4 is 26.4 Å². The lowest BCUT2D eigenvalue weighted by atomic mass is 9.97. The number of hydrogen-bond acceptors (Lipinski definition) is 6. The molecule has 0 saturated heterocycles. The number of carbonyl (C=O) groups is 4. The molecule has 2 atom stereocenters. The zero-order chi connectivity index (χ0) is 36.4. The van der Waals surface area contributed by atoms with E-state index in [4.69, 9.17) is 15.2 Å². The van der Waals surface area contributed by atoms with E-state index in [1.165, 1.54) is 0 Å². The molecule has 0 aliphatic rings. The summed E-state index contributed by atoms with van der Waals surface area (Å²) >= 11 is 0. The lowest BCUT2D eigenvalue weighted by Crippen LogP contribution is -2.53. The molecule has 4 aromatic rings. The van der Waals surface area contributed by atoms with Gasteiger partial charge in [0.15, 0.2) is 0 Å². The minimum Gasteiger partial charge on any atom is -0.489 e. The van der Waals surface area contributed by atoms with Gasteiger partial charge in [0.1, 0.15) is 31.0 Å². The molecule has 4 rings (SSSR count). The van der Waals surface area contributed by atoms with E-state index in [0.29, 0.717) is 38.8 Å². The molecule has 0 saturated carbocycles. The highest BCUT2D eigenvalue weighted by Crippen LogP contribution is 2.24. The summed E-state index contributed by atoms with van der Waals surface area (Å²) in [5, 5.41) is 8.36. The molecule has 0 aliphatic carbocycles. The molecule has 10 heteroatoms. The van der Waals surface area contributed by atoms with Crippen molar-refractivity contribution in [3.05, 3.63) is 137 Å². The van der Waals surface area contributed by atoms with Crippen molar-refractivity contribution in [1.29, 1.82) is 0 Å². The van der Waals surface area contributed by atoms with Gasteiger partial charge < -0.3 is 31.2 Å². The van der Waals surface area contributed by atoms with Crippen molar-refractivity contribution in [1.82, 2.24) is 16.0 Å². The molecule has 0 unspecified atom stereocenters. The maximum atomic E-state index is 13.5. The molecular formula is C41H48N4O6. The van der Waals surface area contributed by atoms with Crippen LogP contribution in [0.1, 0.15) is 59.1 Å². The predicted molar refractivity (Wildman–Crippen MR) is 197 cm³/mol. The smallest absolute Gasteiger partial charge is 0.407 e. The minimum atomic E-state index is -0.951. The quantitative estimate of drug-likeness (QED) is 0.0940. The molecule has 0 fully saturated rings. The Morgan fingerprint density at radius 1 is 0.706 bits per heavy atom. The molecule has 4 aromatic carbocycles. The Balaban J connectivity index is 1.32. The van der Waals surface area contributed by atoms with E-state index in [2.05, 4.69) is 16.0 Å². The van der Waals surface area contributed by atoms with E-state index in [0.717, 1.165) is 39.1 Å². The summed E-state index contributed by atoms with van der Waals surface area (Å²) < 4.78 is 11.3. The zero-order valence-corrected chi connectivity index (χ0v) is 29.4. The van der Waals surface area contributed by atoms with Gasteiger partial charge in [0, 0.05) is 19.4 Å². The fourth-order valence-corrected chi connectivity index (χ4v) is 5.73. The van der Waals surface area contributed by atoms with E-state index in [9.17, 15) is 19.2 Å². The van der Waals surface area contributed by atoms with Gasteiger partial charge in [0.2, 0.25) is 17.7 Å². The molecule has 268 valence electrons. The van der Waals surface area contributed by atoms with Crippen LogP contribution in [0.2, 0.25) is 0 Å². The second-order valence-electron chi connectivity index (χ2n) is 12.6. The number of nitrogens with two attached hydrogens (primary N) is 1. The van der Waals surface area contributed by atoms with Gasteiger partial charge in [0.05, 0.1) is 0 Å². The number of nitrogens with one attached hydrogen (secondary N) is 3. The molecule has 0 aliphatic heterocycles. The third kappa shape index (κ3) is 13.3. The number of ether oxygens (including phenoxy) is 2. The lowest BCUT2D eigenvalue weighted by molar-refractivity contribution is -0.131. The summed E-state index contributed by atoms with van der Waals surface area (Å²) in [5.74, 6) is -0.694. The van der Waals surface area contributed by atoms with Crippen molar-refractivity contribution in [2.45, 2.75) is 77.7 Å². The Hall–Kier alpha value is -5.64. The first kappa shape index (κ1) is 38.2. The number of primary amides is 1. The highest BCUT2D eigenvalue weighted by atomic mass is 16.5. The van der Waals surface area contributed by atoms with E-state index in [-0.39, 0.29) is 25.4 Å². The van der Waals surface area contributed by atoms with Crippen LogP contribution in [0.4, 0.5) is 4.79 Å². The van der Waals surface area contributed by atoms with Crippen LogP contribution in [-0.2, 0) is 45.2 Å². The SMILES string of the molecule is Cc1cc(OCc2ccccc2)cc(C)c1CCC(=O)N[C@@H](CCCCNC(=O)OCc1ccccc1)C(=O)N[C@@H](Cc1ccccc1)C(N)=O. The number of rotatable bonds is 19. The number of benzene rings is 4. The van der Waals surface area contributed by atoms with Gasteiger partial charge in [-0.1, -0.05) is 91.0 Å². The number of unbranched alkanes of at least 4 members (excludes halogenated alkanes) is 1. The van der Waals surface area contributed by atoms with Crippen LogP contribution in [0.5, 0.6) is 5.75 Å². The zero-order valence-electron chi connectivity index (χ0n) is 29.4. The molecule has 0 radical (unpaired) electrons. The third-order valence-corrected chi connectivity index (χ3v) is 8.52. The number of carbonyl (C=O) groups excluding carboxylic acids is 4. The standard InChI is InChI=1S/C41H48N4O6/c1-29-24-34(50-27-32-16-8-4-9-17-32)25-30(2)35(29)21-22-38(46)44-36(40(48)45-37(39(42)47)26-31-14-6-3-7-15-31)20-12-13-23-43-41(49)51-28-33-18-10-5-11-19-33/h3-11,14-19,24-25,36-37H,12-13,20-23,26-28H2,1-2H3,(H2,42,47)(H,43,49)(H,44,46)(H,45,48)/t36-,37-/m0/s1. The Bertz CT molecular complexity index is 1690. The molecule has 4 amide bonds. The molecule has 51 heavy (non-hydrogen) atoms. The summed E-state index contributed by atoms with van der Waals surface area (Å²) in [4.78, 5) is 51.3. The van der Waals surface area contributed by atoms with Gasteiger partial charge in [-0.3, -0.25) is 14.4 Å². The number of alkyl carbamates (subject to hydrolysis) is 1. The Labute approximate surface area is 300 Å². The van der Waals surface area contributed by atoms with Crippen LogP contribution in [0.3, 0.4) is 0 Å². The van der Waals surface area contributed by atoms with E-state index < -0.39 is 30.0 Å². The van der Waals surface area contributed by atoms with Crippen molar-refractivity contribution in [2.75, 3.05) is 6.54 Å². The van der Waals surface area contributed by atoms with Crippen molar-refractivity contribution in [3.8, 4) is 5.75 Å². The molecular weight excluding hydrogens is 644 g/mol. The van der Waals surface area contributed by atoms with Gasteiger partial charge in [-0.15, -0.1) is 0 Å². The summed E-state index contributed by atoms with van der Waals surface area (Å²) in [5.41, 5.74) is 11.5. The van der Waals surface area contributed by atoms with Crippen LogP contribution >= 0.6 is 0 Å². The van der Waals surface area contributed by atoms with E-state index in [1.807, 2.05) is 117 Å². The molecule has 5 N–H and O–H groups in total. The van der Waals surface area contributed by atoms with Gasteiger partial charge in [-0.05, 0) is 85.0 Å². The highest BCUT2D eigenvalue weighted by Gasteiger charge is 2.26. The van der Waals surface area contributed by atoms with Crippen molar-refractivity contribution >= 4 is 23.8 Å². The summed E-state index contributed by atoms with van der Waals surface area (Å²) in [6.07, 6.45) is 1.67. The molecule has 0 spiro atoms. The van der Waals surface area contributed by atoms with Gasteiger partial charge in [0.25, 0.3) is 0 Å². The Morgan fingerprint density at radius 2 is 1.27 bits per heavy atom. The van der Waals surface area contributed by atoms with Gasteiger partial charge in [-0.25, -0.2) is 4.79 Å². The van der Waals surface area contributed by atoms with Crippen molar-refractivity contribution in [2.24, 2.45) is 5.73 Å².